The van der Waals surface area contributed by atoms with Crippen molar-refractivity contribution >= 4 is 17.5 Å². The lowest BCUT2D eigenvalue weighted by molar-refractivity contribution is 0.122. The van der Waals surface area contributed by atoms with Crippen LogP contribution in [0.15, 0.2) is 24.5 Å². The first kappa shape index (κ1) is 20.5. The topological polar surface area (TPSA) is 66.8 Å². The summed E-state index contributed by atoms with van der Waals surface area (Å²) in [5.41, 5.74) is 2.17. The Bertz CT molecular complexity index is 874. The molecule has 0 aliphatic carbocycles. The van der Waals surface area contributed by atoms with Crippen LogP contribution in [0.4, 0.5) is 17.5 Å². The fourth-order valence-corrected chi connectivity index (χ4v) is 4.83. The van der Waals surface area contributed by atoms with Gasteiger partial charge in [-0.25, -0.2) is 0 Å². The first-order chi connectivity index (χ1) is 15.3. The minimum atomic E-state index is 0.706. The molecule has 8 heteroatoms. The van der Waals surface area contributed by atoms with Crippen LogP contribution in [-0.4, -0.2) is 79.4 Å². The molecule has 0 bridgehead atoms. The van der Waals surface area contributed by atoms with Crippen LogP contribution in [-0.2, 0) is 11.2 Å². The van der Waals surface area contributed by atoms with Gasteiger partial charge in [-0.3, -0.25) is 4.98 Å². The van der Waals surface area contributed by atoms with Crippen molar-refractivity contribution in [2.45, 2.75) is 25.7 Å². The number of morpholine rings is 1. The number of nitrogens with zero attached hydrogens (tertiary/aromatic N) is 6. The molecule has 2 aromatic heterocycles. The van der Waals surface area contributed by atoms with E-state index in [1.807, 2.05) is 12.3 Å². The SMILES string of the molecule is CN1CCCC(CCOc2nc(N3CCOCC3)nc3c2CCN3c2cccnc2)C1. The van der Waals surface area contributed by atoms with Gasteiger partial charge in [0.05, 0.1) is 37.3 Å². The van der Waals surface area contributed by atoms with Gasteiger partial charge < -0.3 is 24.2 Å². The Morgan fingerprint density at radius 3 is 2.87 bits per heavy atom. The van der Waals surface area contributed by atoms with Crippen LogP contribution in [0.3, 0.4) is 0 Å². The number of hydrogen-bond donors (Lipinski definition) is 0. The molecular weight excluding hydrogens is 392 g/mol. The largest absolute Gasteiger partial charge is 0.477 e. The van der Waals surface area contributed by atoms with Crippen LogP contribution in [0.2, 0.25) is 0 Å². The molecule has 0 radical (unpaired) electrons. The zero-order chi connectivity index (χ0) is 21.0. The fraction of sp³-hybridized carbons (Fsp3) is 0.609. The number of piperidine rings is 1. The summed E-state index contributed by atoms with van der Waals surface area (Å²) in [7, 11) is 2.21. The zero-order valence-electron chi connectivity index (χ0n) is 18.4. The number of rotatable bonds is 6. The van der Waals surface area contributed by atoms with Gasteiger partial charge in [-0.2, -0.15) is 9.97 Å². The van der Waals surface area contributed by atoms with Crippen LogP contribution in [0.5, 0.6) is 5.88 Å². The molecule has 3 aliphatic heterocycles. The molecule has 1 atom stereocenters. The van der Waals surface area contributed by atoms with Gasteiger partial charge in [0.15, 0.2) is 0 Å². The van der Waals surface area contributed by atoms with Crippen molar-refractivity contribution in [3.63, 3.8) is 0 Å². The second kappa shape index (κ2) is 9.36. The van der Waals surface area contributed by atoms with Crippen molar-refractivity contribution in [3.05, 3.63) is 30.1 Å². The van der Waals surface area contributed by atoms with Crippen LogP contribution in [0.1, 0.15) is 24.8 Å². The average molecular weight is 425 g/mol. The van der Waals surface area contributed by atoms with Crippen LogP contribution >= 0.6 is 0 Å². The maximum absolute atomic E-state index is 6.33. The van der Waals surface area contributed by atoms with E-state index in [1.54, 1.807) is 6.20 Å². The lowest BCUT2D eigenvalue weighted by Crippen LogP contribution is -2.37. The Hall–Kier alpha value is -2.45. The van der Waals surface area contributed by atoms with E-state index < -0.39 is 0 Å². The molecule has 0 spiro atoms. The van der Waals surface area contributed by atoms with Gasteiger partial charge in [0.25, 0.3) is 0 Å². The molecule has 0 saturated carbocycles. The second-order valence-electron chi connectivity index (χ2n) is 8.75. The molecule has 2 fully saturated rings. The third kappa shape index (κ3) is 4.60. The van der Waals surface area contributed by atoms with Gasteiger partial charge in [0.2, 0.25) is 11.8 Å². The third-order valence-electron chi connectivity index (χ3n) is 6.52. The van der Waals surface area contributed by atoms with E-state index in [2.05, 4.69) is 32.8 Å². The van der Waals surface area contributed by atoms with Crippen LogP contribution in [0.25, 0.3) is 0 Å². The Labute approximate surface area is 184 Å². The Morgan fingerprint density at radius 2 is 2.06 bits per heavy atom. The zero-order valence-corrected chi connectivity index (χ0v) is 18.4. The molecule has 3 aliphatic rings. The molecule has 5 heterocycles. The molecule has 2 saturated heterocycles. The maximum atomic E-state index is 6.33. The average Bonchev–Trinajstić information content (AvgIpc) is 3.24. The van der Waals surface area contributed by atoms with E-state index in [1.165, 1.54) is 25.9 Å². The van der Waals surface area contributed by atoms with Crippen molar-refractivity contribution in [1.29, 1.82) is 0 Å². The number of aromatic nitrogens is 3. The second-order valence-corrected chi connectivity index (χ2v) is 8.75. The van der Waals surface area contributed by atoms with Gasteiger partial charge in [0.1, 0.15) is 5.82 Å². The molecule has 8 nitrogen and oxygen atoms in total. The van der Waals surface area contributed by atoms with E-state index in [4.69, 9.17) is 19.4 Å². The minimum Gasteiger partial charge on any atom is -0.477 e. The van der Waals surface area contributed by atoms with E-state index in [0.29, 0.717) is 25.7 Å². The monoisotopic (exact) mass is 424 g/mol. The smallest absolute Gasteiger partial charge is 0.230 e. The summed E-state index contributed by atoms with van der Waals surface area (Å²) in [6.07, 6.45) is 8.23. The molecule has 0 N–H and O–H groups in total. The lowest BCUT2D eigenvalue weighted by atomic mass is 9.96. The van der Waals surface area contributed by atoms with E-state index >= 15 is 0 Å². The number of hydrogen-bond acceptors (Lipinski definition) is 8. The molecule has 166 valence electrons. The standard InChI is InChI=1S/C23H32N6O2/c1-27-9-3-4-18(17-27)7-13-31-22-20-6-10-29(19-5-2-8-24-16-19)21(20)25-23(26-22)28-11-14-30-15-12-28/h2,5,8,16,18H,3-4,6-7,9-15,17H2,1H3. The predicted octanol–water partition coefficient (Wildman–Crippen LogP) is 2.51. The van der Waals surface area contributed by atoms with E-state index in [0.717, 1.165) is 61.4 Å². The van der Waals surface area contributed by atoms with E-state index in [-0.39, 0.29) is 0 Å². The molecule has 31 heavy (non-hydrogen) atoms. The van der Waals surface area contributed by atoms with Crippen LogP contribution < -0.4 is 14.5 Å². The summed E-state index contributed by atoms with van der Waals surface area (Å²) in [5, 5.41) is 0. The van der Waals surface area contributed by atoms with Crippen molar-refractivity contribution in [2.75, 3.05) is 69.4 Å². The number of likely N-dealkylation sites (tertiary alicyclic amines) is 1. The number of fused-ring (bicyclic) bond motifs is 1. The van der Waals surface area contributed by atoms with E-state index in [9.17, 15) is 0 Å². The molecule has 0 aromatic carbocycles. The van der Waals surface area contributed by atoms with Gasteiger partial charge >= 0.3 is 0 Å². The quantitative estimate of drug-likeness (QED) is 0.701. The summed E-state index contributed by atoms with van der Waals surface area (Å²) in [4.78, 5) is 21.0. The Morgan fingerprint density at radius 1 is 1.16 bits per heavy atom. The van der Waals surface area contributed by atoms with Crippen molar-refractivity contribution in [3.8, 4) is 5.88 Å². The van der Waals surface area contributed by atoms with Gasteiger partial charge in [-0.15, -0.1) is 0 Å². The Kier molecular flexibility index (Phi) is 6.18. The maximum Gasteiger partial charge on any atom is 0.230 e. The van der Waals surface area contributed by atoms with Crippen molar-refractivity contribution < 1.29 is 9.47 Å². The highest BCUT2D eigenvalue weighted by Crippen LogP contribution is 2.38. The number of ether oxygens (including phenoxy) is 2. The highest BCUT2D eigenvalue weighted by molar-refractivity contribution is 5.69. The molecule has 0 amide bonds. The minimum absolute atomic E-state index is 0.706. The first-order valence-corrected chi connectivity index (χ1v) is 11.5. The van der Waals surface area contributed by atoms with Crippen molar-refractivity contribution in [1.82, 2.24) is 19.9 Å². The summed E-state index contributed by atoms with van der Waals surface area (Å²) in [6, 6.07) is 4.05. The van der Waals surface area contributed by atoms with Crippen molar-refractivity contribution in [2.24, 2.45) is 5.92 Å². The first-order valence-electron chi connectivity index (χ1n) is 11.5. The predicted molar refractivity (Wildman–Crippen MR) is 120 cm³/mol. The Balaban J connectivity index is 1.38. The number of pyridine rings is 1. The summed E-state index contributed by atoms with van der Waals surface area (Å²) in [6.45, 7) is 6.97. The molecule has 1 unspecified atom stereocenters. The van der Waals surface area contributed by atoms with Gasteiger partial charge in [-0.1, -0.05) is 0 Å². The molecular formula is C23H32N6O2. The molecule has 5 rings (SSSR count). The highest BCUT2D eigenvalue weighted by Gasteiger charge is 2.29. The fourth-order valence-electron chi connectivity index (χ4n) is 4.83. The lowest BCUT2D eigenvalue weighted by Gasteiger charge is -2.30. The summed E-state index contributed by atoms with van der Waals surface area (Å²) >= 11 is 0. The van der Waals surface area contributed by atoms with Gasteiger partial charge in [0, 0.05) is 32.4 Å². The van der Waals surface area contributed by atoms with Crippen LogP contribution in [0, 0.1) is 5.92 Å². The molecule has 2 aromatic rings. The number of anilines is 3. The third-order valence-corrected chi connectivity index (χ3v) is 6.52. The van der Waals surface area contributed by atoms with Gasteiger partial charge in [-0.05, 0) is 57.3 Å². The highest BCUT2D eigenvalue weighted by atomic mass is 16.5. The summed E-state index contributed by atoms with van der Waals surface area (Å²) in [5.74, 6) is 3.16. The summed E-state index contributed by atoms with van der Waals surface area (Å²) < 4.78 is 11.9. The normalized spacial score (nSPS) is 21.9.